The van der Waals surface area contributed by atoms with Crippen molar-refractivity contribution >= 4 is 22.6 Å². The van der Waals surface area contributed by atoms with Gasteiger partial charge in [0, 0.05) is 17.9 Å². The fourth-order valence-corrected chi connectivity index (χ4v) is 3.26. The first kappa shape index (κ1) is 14.6. The van der Waals surface area contributed by atoms with Crippen LogP contribution >= 0.6 is 0 Å². The highest BCUT2D eigenvalue weighted by atomic mass is 16.5. The summed E-state index contributed by atoms with van der Waals surface area (Å²) in [6.07, 6.45) is 6.08. The normalized spacial score (nSPS) is 15.3. The van der Waals surface area contributed by atoms with E-state index in [9.17, 15) is 9.59 Å². The van der Waals surface area contributed by atoms with Crippen LogP contribution in [0.25, 0.3) is 10.9 Å². The summed E-state index contributed by atoms with van der Waals surface area (Å²) in [7, 11) is 0. The SMILES string of the molecule is CCOC(=O)c1cn(C2CCCC2)c2cccc(N)c2c1=O. The maximum absolute atomic E-state index is 12.6. The summed E-state index contributed by atoms with van der Waals surface area (Å²) in [5, 5.41) is 0.417. The zero-order valence-corrected chi connectivity index (χ0v) is 12.7. The lowest BCUT2D eigenvalue weighted by Crippen LogP contribution is -2.22. The van der Waals surface area contributed by atoms with Crippen molar-refractivity contribution in [1.29, 1.82) is 0 Å². The van der Waals surface area contributed by atoms with Gasteiger partial charge in [-0.2, -0.15) is 0 Å². The summed E-state index contributed by atoms with van der Waals surface area (Å²) in [5.41, 5.74) is 6.92. The smallest absolute Gasteiger partial charge is 0.343 e. The average Bonchev–Trinajstić information content (AvgIpc) is 3.02. The molecule has 0 saturated heterocycles. The largest absolute Gasteiger partial charge is 0.462 e. The Hall–Kier alpha value is -2.30. The molecule has 0 bridgehead atoms. The standard InChI is InChI=1S/C17H20N2O3/c1-2-22-17(21)12-10-19(11-6-3-4-7-11)14-9-5-8-13(18)15(14)16(12)20/h5,8-11H,2-4,6-7,18H2,1H3. The molecule has 3 rings (SSSR count). The monoisotopic (exact) mass is 300 g/mol. The second-order valence-electron chi connectivity index (χ2n) is 5.68. The Morgan fingerprint density at radius 2 is 2.09 bits per heavy atom. The molecule has 1 aromatic heterocycles. The molecule has 0 radical (unpaired) electrons. The number of nitrogens with zero attached hydrogens (tertiary/aromatic N) is 1. The molecule has 116 valence electrons. The fraction of sp³-hybridized carbons (Fsp3) is 0.412. The predicted molar refractivity (Wildman–Crippen MR) is 86.1 cm³/mol. The van der Waals surface area contributed by atoms with Gasteiger partial charge >= 0.3 is 5.97 Å². The molecule has 0 unspecified atom stereocenters. The first-order chi connectivity index (χ1) is 10.6. The number of carbonyl (C=O) groups is 1. The number of esters is 1. The minimum Gasteiger partial charge on any atom is -0.462 e. The molecule has 0 amide bonds. The topological polar surface area (TPSA) is 74.3 Å². The van der Waals surface area contributed by atoms with Crippen molar-refractivity contribution < 1.29 is 9.53 Å². The summed E-state index contributed by atoms with van der Waals surface area (Å²) >= 11 is 0. The van der Waals surface area contributed by atoms with Crippen molar-refractivity contribution in [3.05, 3.63) is 40.2 Å². The number of fused-ring (bicyclic) bond motifs is 1. The van der Waals surface area contributed by atoms with Crippen LogP contribution in [0.2, 0.25) is 0 Å². The summed E-state index contributed by atoms with van der Waals surface area (Å²) < 4.78 is 7.06. The van der Waals surface area contributed by atoms with E-state index in [2.05, 4.69) is 0 Å². The minimum absolute atomic E-state index is 0.0687. The lowest BCUT2D eigenvalue weighted by molar-refractivity contribution is 0.0524. The molecule has 1 aromatic carbocycles. The number of benzene rings is 1. The summed E-state index contributed by atoms with van der Waals surface area (Å²) in [6, 6.07) is 5.73. The third-order valence-corrected chi connectivity index (χ3v) is 4.31. The molecule has 1 aliphatic carbocycles. The summed E-state index contributed by atoms with van der Waals surface area (Å²) in [6.45, 7) is 1.97. The number of hydrogen-bond acceptors (Lipinski definition) is 4. The number of nitrogens with two attached hydrogens (primary N) is 1. The lowest BCUT2D eigenvalue weighted by Gasteiger charge is -2.19. The molecule has 22 heavy (non-hydrogen) atoms. The van der Waals surface area contributed by atoms with Gasteiger partial charge in [-0.15, -0.1) is 0 Å². The number of rotatable bonds is 3. The maximum atomic E-state index is 12.6. The van der Waals surface area contributed by atoms with Crippen LogP contribution in [0.1, 0.15) is 49.0 Å². The maximum Gasteiger partial charge on any atom is 0.343 e. The molecule has 1 fully saturated rings. The van der Waals surface area contributed by atoms with Crippen LogP contribution < -0.4 is 11.2 Å². The van der Waals surface area contributed by atoms with Crippen LogP contribution in [-0.2, 0) is 4.74 Å². The Morgan fingerprint density at radius 3 is 2.77 bits per heavy atom. The highest BCUT2D eigenvalue weighted by Gasteiger charge is 2.23. The van der Waals surface area contributed by atoms with Gasteiger partial charge in [0.2, 0.25) is 5.43 Å². The van der Waals surface area contributed by atoms with Gasteiger partial charge in [-0.05, 0) is 31.9 Å². The summed E-state index contributed by atoms with van der Waals surface area (Å²) in [4.78, 5) is 24.7. The molecule has 5 nitrogen and oxygen atoms in total. The van der Waals surface area contributed by atoms with Crippen molar-refractivity contribution in [2.45, 2.75) is 38.6 Å². The third kappa shape index (κ3) is 2.36. The van der Waals surface area contributed by atoms with E-state index in [0.29, 0.717) is 17.1 Å². The Balaban J connectivity index is 2.29. The highest BCUT2D eigenvalue weighted by Crippen LogP contribution is 2.32. The molecule has 0 spiro atoms. The minimum atomic E-state index is -0.579. The van der Waals surface area contributed by atoms with E-state index in [0.717, 1.165) is 31.2 Å². The van der Waals surface area contributed by atoms with Crippen LogP contribution in [0.4, 0.5) is 5.69 Å². The number of hydrogen-bond donors (Lipinski definition) is 1. The zero-order chi connectivity index (χ0) is 15.7. The van der Waals surface area contributed by atoms with Gasteiger partial charge in [-0.3, -0.25) is 4.79 Å². The predicted octanol–water partition coefficient (Wildman–Crippen LogP) is 2.88. The highest BCUT2D eigenvalue weighted by molar-refractivity contribution is 5.97. The van der Waals surface area contributed by atoms with Gasteiger partial charge < -0.3 is 15.0 Å². The molecule has 0 atom stereocenters. The summed E-state index contributed by atoms with van der Waals surface area (Å²) in [5.74, 6) is -0.579. The van der Waals surface area contributed by atoms with Gasteiger partial charge in [0.1, 0.15) is 5.56 Å². The second-order valence-corrected chi connectivity index (χ2v) is 5.68. The zero-order valence-electron chi connectivity index (χ0n) is 12.7. The van der Waals surface area contributed by atoms with E-state index in [1.54, 1.807) is 19.2 Å². The van der Waals surface area contributed by atoms with E-state index in [4.69, 9.17) is 10.5 Å². The Labute approximate surface area is 128 Å². The molecular weight excluding hydrogens is 280 g/mol. The van der Waals surface area contributed by atoms with E-state index in [1.807, 2.05) is 16.7 Å². The fourth-order valence-electron chi connectivity index (χ4n) is 3.26. The number of carbonyl (C=O) groups excluding carboxylic acids is 1. The van der Waals surface area contributed by atoms with Gasteiger partial charge in [0.25, 0.3) is 0 Å². The molecule has 2 aromatic rings. The third-order valence-electron chi connectivity index (χ3n) is 4.31. The Morgan fingerprint density at radius 1 is 1.36 bits per heavy atom. The van der Waals surface area contributed by atoms with E-state index < -0.39 is 5.97 Å². The average molecular weight is 300 g/mol. The molecule has 1 heterocycles. The van der Waals surface area contributed by atoms with Crippen LogP contribution in [0, 0.1) is 0 Å². The van der Waals surface area contributed by atoms with Gasteiger partial charge in [-0.25, -0.2) is 4.79 Å². The van der Waals surface area contributed by atoms with Gasteiger partial charge in [-0.1, -0.05) is 18.9 Å². The van der Waals surface area contributed by atoms with Crippen LogP contribution in [0.15, 0.2) is 29.2 Å². The number of anilines is 1. The van der Waals surface area contributed by atoms with Crippen LogP contribution in [-0.4, -0.2) is 17.1 Å². The van der Waals surface area contributed by atoms with E-state index in [1.165, 1.54) is 0 Å². The lowest BCUT2D eigenvalue weighted by atomic mass is 10.1. The number of aromatic nitrogens is 1. The molecule has 5 heteroatoms. The second kappa shape index (κ2) is 5.83. The van der Waals surface area contributed by atoms with Crippen LogP contribution in [0.3, 0.4) is 0 Å². The van der Waals surface area contributed by atoms with Gasteiger partial charge in [0.05, 0.1) is 17.5 Å². The first-order valence-electron chi connectivity index (χ1n) is 7.74. The van der Waals surface area contributed by atoms with E-state index >= 15 is 0 Å². The van der Waals surface area contributed by atoms with Crippen molar-refractivity contribution in [2.75, 3.05) is 12.3 Å². The molecule has 0 aliphatic heterocycles. The number of pyridine rings is 1. The van der Waals surface area contributed by atoms with Crippen molar-refractivity contribution in [2.24, 2.45) is 0 Å². The molecular formula is C17H20N2O3. The van der Waals surface area contributed by atoms with Crippen LogP contribution in [0.5, 0.6) is 0 Å². The van der Waals surface area contributed by atoms with Crippen molar-refractivity contribution in [3.63, 3.8) is 0 Å². The Kier molecular flexibility index (Phi) is 3.88. The molecule has 2 N–H and O–H groups in total. The quantitative estimate of drug-likeness (QED) is 0.698. The number of nitrogen functional groups attached to an aromatic ring is 1. The first-order valence-corrected chi connectivity index (χ1v) is 7.74. The number of ether oxygens (including phenoxy) is 1. The van der Waals surface area contributed by atoms with Crippen molar-refractivity contribution in [1.82, 2.24) is 4.57 Å². The van der Waals surface area contributed by atoms with E-state index in [-0.39, 0.29) is 17.6 Å². The molecule has 1 saturated carbocycles. The van der Waals surface area contributed by atoms with Gasteiger partial charge in [0.15, 0.2) is 0 Å². The molecule has 1 aliphatic rings. The Bertz CT molecular complexity index is 773. The van der Waals surface area contributed by atoms with Crippen molar-refractivity contribution in [3.8, 4) is 0 Å².